The van der Waals surface area contributed by atoms with Crippen LogP contribution in [0.2, 0.25) is 0 Å². The van der Waals surface area contributed by atoms with E-state index in [9.17, 15) is 4.79 Å². The van der Waals surface area contributed by atoms with Gasteiger partial charge in [0.2, 0.25) is 0 Å². The second-order valence-corrected chi connectivity index (χ2v) is 3.61. The molecule has 0 aliphatic rings. The minimum Gasteiger partial charge on any atom is -0.323 e. The lowest BCUT2D eigenvalue weighted by molar-refractivity contribution is 0.712. The minimum absolute atomic E-state index is 0.000614. The quantitative estimate of drug-likeness (QED) is 0.497. The summed E-state index contributed by atoms with van der Waals surface area (Å²) in [5.41, 5.74) is 2.71. The van der Waals surface area contributed by atoms with E-state index in [0.29, 0.717) is 6.54 Å². The van der Waals surface area contributed by atoms with Crippen molar-refractivity contribution in [3.63, 3.8) is 0 Å². The van der Waals surface area contributed by atoms with Gasteiger partial charge in [-0.1, -0.05) is 6.07 Å². The summed E-state index contributed by atoms with van der Waals surface area (Å²) < 4.78 is 3.37. The highest BCUT2D eigenvalue weighted by atomic mass is 16.1. The zero-order valence-electron chi connectivity index (χ0n) is 11.4. The van der Waals surface area contributed by atoms with Gasteiger partial charge in [-0.2, -0.15) is 5.10 Å². The zero-order chi connectivity index (χ0) is 15.7. The second kappa shape index (κ2) is 8.11. The summed E-state index contributed by atoms with van der Waals surface area (Å²) in [6, 6.07) is 5.71. The smallest absolute Gasteiger partial charge is 0.323 e. The van der Waals surface area contributed by atoms with Crippen LogP contribution in [0, 0.1) is 23.7 Å². The van der Waals surface area contributed by atoms with Crippen LogP contribution in [0.25, 0.3) is 11.0 Å². The van der Waals surface area contributed by atoms with Crippen molar-refractivity contribution in [2.45, 2.75) is 13.5 Å². The molecule has 1 aromatic heterocycles. The van der Waals surface area contributed by atoms with Crippen molar-refractivity contribution in [2.24, 2.45) is 18.0 Å². The molecule has 0 saturated heterocycles. The van der Waals surface area contributed by atoms with Crippen LogP contribution in [0.15, 0.2) is 28.1 Å². The molecule has 2 rings (SSSR count). The fourth-order valence-electron chi connectivity index (χ4n) is 1.90. The average Bonchev–Trinajstić information content (AvgIpc) is 2.75. The van der Waals surface area contributed by atoms with Gasteiger partial charge in [0.15, 0.2) is 0 Å². The average molecular weight is 272 g/mol. The molecule has 0 radical (unpaired) electrons. The molecule has 0 bridgehead atoms. The third kappa shape index (κ3) is 3.03. The van der Waals surface area contributed by atoms with Gasteiger partial charge in [-0.25, -0.2) is 15.3 Å². The summed E-state index contributed by atoms with van der Waals surface area (Å²) in [6.45, 7) is 9.62. The second-order valence-electron chi connectivity index (χ2n) is 3.61. The van der Waals surface area contributed by atoms with Gasteiger partial charge in [-0.15, -0.1) is 0 Å². The summed E-state index contributed by atoms with van der Waals surface area (Å²) in [5.74, 6) is 5.10. The van der Waals surface area contributed by atoms with Gasteiger partial charge in [-0.3, -0.25) is 9.13 Å². The van der Waals surface area contributed by atoms with Crippen molar-refractivity contribution < 1.29 is 0 Å². The third-order valence-corrected chi connectivity index (χ3v) is 2.71. The summed E-state index contributed by atoms with van der Waals surface area (Å²) in [6.07, 6.45) is 1.56. The standard InChI is InChI=1S/C11H14N4O.2CHN/c1-3-15-9-5-4-8(7-13-12)6-10(9)14(2)11(15)16;2*1-2/h4-7H,3,12H2,1-2H3;2*1H. The number of aromatic nitrogens is 2. The molecule has 0 atom stereocenters. The number of imidazole rings is 1. The van der Waals surface area contributed by atoms with Crippen molar-refractivity contribution in [3.8, 4) is 13.1 Å². The Balaban J connectivity index is 0.000000829. The lowest BCUT2D eigenvalue weighted by Gasteiger charge is -1.98. The summed E-state index contributed by atoms with van der Waals surface area (Å²) in [4.78, 5) is 11.9. The number of fused-ring (bicyclic) bond motifs is 1. The molecule has 2 N–H and O–H groups in total. The molecular formula is C13H16N6O. The molecule has 1 heterocycles. The van der Waals surface area contributed by atoms with Crippen molar-refractivity contribution >= 4 is 17.2 Å². The largest absolute Gasteiger partial charge is 0.328 e. The first kappa shape index (κ1) is 16.9. The van der Waals surface area contributed by atoms with E-state index >= 15 is 0 Å². The highest BCUT2D eigenvalue weighted by Gasteiger charge is 2.08. The molecule has 7 nitrogen and oxygen atoms in total. The topological polar surface area (TPSA) is 113 Å². The first-order valence-corrected chi connectivity index (χ1v) is 5.63. The van der Waals surface area contributed by atoms with E-state index in [2.05, 4.69) is 18.2 Å². The molecule has 2 aromatic rings. The van der Waals surface area contributed by atoms with E-state index in [-0.39, 0.29) is 5.69 Å². The summed E-state index contributed by atoms with van der Waals surface area (Å²) in [5, 5.41) is 16.5. The zero-order valence-corrected chi connectivity index (χ0v) is 11.4. The van der Waals surface area contributed by atoms with E-state index in [4.69, 9.17) is 16.4 Å². The minimum atomic E-state index is -0.000614. The van der Waals surface area contributed by atoms with Crippen molar-refractivity contribution in [2.75, 3.05) is 0 Å². The van der Waals surface area contributed by atoms with Gasteiger partial charge in [-0.05, 0) is 24.6 Å². The number of nitrogens with two attached hydrogens (primary N) is 1. The van der Waals surface area contributed by atoms with E-state index in [1.807, 2.05) is 25.1 Å². The maximum Gasteiger partial charge on any atom is 0.328 e. The molecule has 0 unspecified atom stereocenters. The Morgan fingerprint density at radius 2 is 1.90 bits per heavy atom. The normalized spacial score (nSPS) is 9.50. The molecule has 0 spiro atoms. The fourth-order valence-corrected chi connectivity index (χ4v) is 1.90. The third-order valence-electron chi connectivity index (χ3n) is 2.71. The van der Waals surface area contributed by atoms with Crippen LogP contribution in [-0.4, -0.2) is 15.3 Å². The van der Waals surface area contributed by atoms with Crippen LogP contribution < -0.4 is 11.5 Å². The Bertz CT molecular complexity index is 683. The molecule has 0 aliphatic carbocycles. The van der Waals surface area contributed by atoms with E-state index in [0.717, 1.165) is 16.6 Å². The maximum absolute atomic E-state index is 11.9. The molecule has 104 valence electrons. The number of aryl methyl sites for hydroxylation is 2. The van der Waals surface area contributed by atoms with Crippen LogP contribution >= 0.6 is 0 Å². The monoisotopic (exact) mass is 272 g/mol. The Hall–Kier alpha value is -3.06. The van der Waals surface area contributed by atoms with Crippen LogP contribution in [0.1, 0.15) is 12.5 Å². The van der Waals surface area contributed by atoms with E-state index in [1.165, 1.54) is 0 Å². The van der Waals surface area contributed by atoms with E-state index < -0.39 is 0 Å². The van der Waals surface area contributed by atoms with Crippen molar-refractivity contribution in [1.29, 1.82) is 10.5 Å². The van der Waals surface area contributed by atoms with Crippen LogP contribution in [0.4, 0.5) is 0 Å². The lowest BCUT2D eigenvalue weighted by atomic mass is 10.2. The summed E-state index contributed by atoms with van der Waals surface area (Å²) in [7, 11) is 1.76. The lowest BCUT2D eigenvalue weighted by Crippen LogP contribution is -2.21. The van der Waals surface area contributed by atoms with Gasteiger partial charge < -0.3 is 5.84 Å². The number of nitrogens with zero attached hydrogens (tertiary/aromatic N) is 5. The number of benzene rings is 1. The number of hydrogen-bond acceptors (Lipinski definition) is 5. The van der Waals surface area contributed by atoms with Gasteiger partial charge in [0, 0.05) is 26.7 Å². The van der Waals surface area contributed by atoms with Gasteiger partial charge in [0.05, 0.1) is 17.2 Å². The van der Waals surface area contributed by atoms with Gasteiger partial charge in [0.1, 0.15) is 0 Å². The Morgan fingerprint density at radius 1 is 1.30 bits per heavy atom. The first-order valence-electron chi connectivity index (χ1n) is 5.63. The molecule has 20 heavy (non-hydrogen) atoms. The highest BCUT2D eigenvalue weighted by Crippen LogP contribution is 2.13. The van der Waals surface area contributed by atoms with E-state index in [1.54, 1.807) is 22.4 Å². The molecule has 0 saturated carbocycles. The van der Waals surface area contributed by atoms with Gasteiger partial charge in [0.25, 0.3) is 0 Å². The Morgan fingerprint density at radius 3 is 2.40 bits per heavy atom. The molecular weight excluding hydrogens is 256 g/mol. The van der Waals surface area contributed by atoms with Crippen molar-refractivity contribution in [3.05, 3.63) is 34.2 Å². The summed E-state index contributed by atoms with van der Waals surface area (Å²) >= 11 is 0. The predicted octanol–water partition coefficient (Wildman–Crippen LogP) is 0.932. The number of rotatable bonds is 2. The van der Waals surface area contributed by atoms with Crippen LogP contribution in [0.3, 0.4) is 0 Å². The predicted molar refractivity (Wildman–Crippen MR) is 78.0 cm³/mol. The Labute approximate surface area is 116 Å². The SMILES string of the molecule is C#N.C#N.CCn1c(=O)n(C)c2cc(C=NN)ccc21. The molecule has 7 heteroatoms. The fraction of sp³-hybridized carbons (Fsp3) is 0.231. The van der Waals surface area contributed by atoms with Gasteiger partial charge >= 0.3 is 5.69 Å². The van der Waals surface area contributed by atoms with Crippen LogP contribution in [-0.2, 0) is 13.6 Å². The Kier molecular flexibility index (Phi) is 6.87. The molecule has 1 aromatic carbocycles. The number of hydrogen-bond donors (Lipinski definition) is 1. The molecule has 0 aliphatic heterocycles. The van der Waals surface area contributed by atoms with Crippen molar-refractivity contribution in [1.82, 2.24) is 9.13 Å². The molecule has 0 fully saturated rings. The number of hydrazone groups is 1. The highest BCUT2D eigenvalue weighted by molar-refractivity contribution is 5.87. The maximum atomic E-state index is 11.9. The molecule has 0 amide bonds. The first-order chi connectivity index (χ1) is 9.69. The number of nitriles is 2. The van der Waals surface area contributed by atoms with Crippen LogP contribution in [0.5, 0.6) is 0 Å².